The van der Waals surface area contributed by atoms with E-state index < -0.39 is 11.9 Å². The smallest absolute Gasteiger partial charge is 0.311 e. The van der Waals surface area contributed by atoms with Crippen molar-refractivity contribution in [2.75, 3.05) is 0 Å². The van der Waals surface area contributed by atoms with E-state index in [1.807, 2.05) is 6.92 Å². The number of hydrogen-bond donors (Lipinski definition) is 2. The largest absolute Gasteiger partial charge is 0.481 e. The number of rotatable bonds is 2. The summed E-state index contributed by atoms with van der Waals surface area (Å²) >= 11 is 1.47. The van der Waals surface area contributed by atoms with Gasteiger partial charge in [-0.2, -0.15) is 0 Å². The molecule has 19 heavy (non-hydrogen) atoms. The van der Waals surface area contributed by atoms with Gasteiger partial charge in [0.1, 0.15) is 10.7 Å². The minimum Gasteiger partial charge on any atom is -0.481 e. The monoisotopic (exact) mass is 278 g/mol. The summed E-state index contributed by atoms with van der Waals surface area (Å²) in [5.74, 6) is -0.754. The van der Waals surface area contributed by atoms with E-state index in [2.05, 4.69) is 9.97 Å². The first-order valence-electron chi connectivity index (χ1n) is 6.39. The Hall–Kier alpha value is -1.69. The fourth-order valence-electron chi connectivity index (χ4n) is 2.70. The fourth-order valence-corrected chi connectivity index (χ4v) is 3.99. The van der Waals surface area contributed by atoms with Crippen molar-refractivity contribution in [1.29, 1.82) is 0 Å². The number of aliphatic carboxylic acids is 1. The molecule has 0 spiro atoms. The zero-order valence-electron chi connectivity index (χ0n) is 10.5. The van der Waals surface area contributed by atoms with Crippen LogP contribution in [-0.2, 0) is 17.6 Å². The highest BCUT2D eigenvalue weighted by Crippen LogP contribution is 2.40. The van der Waals surface area contributed by atoms with Gasteiger partial charge in [-0.1, -0.05) is 6.92 Å². The van der Waals surface area contributed by atoms with Crippen molar-refractivity contribution >= 4 is 27.5 Å². The molecular weight excluding hydrogens is 264 g/mol. The fraction of sp³-hybridized carbons (Fsp3) is 0.462. The Labute approximate surface area is 113 Å². The quantitative estimate of drug-likeness (QED) is 0.880. The maximum absolute atomic E-state index is 12.2. The molecule has 0 fully saturated rings. The van der Waals surface area contributed by atoms with Crippen molar-refractivity contribution in [2.45, 2.75) is 38.5 Å². The van der Waals surface area contributed by atoms with Crippen molar-refractivity contribution in [1.82, 2.24) is 9.97 Å². The Bertz CT molecular complexity index is 716. The summed E-state index contributed by atoms with van der Waals surface area (Å²) in [6.45, 7) is 1.93. The summed E-state index contributed by atoms with van der Waals surface area (Å²) in [5, 5.41) is 9.82. The number of fused-ring (bicyclic) bond motifs is 3. The van der Waals surface area contributed by atoms with Crippen LogP contribution >= 0.6 is 11.3 Å². The summed E-state index contributed by atoms with van der Waals surface area (Å²) in [4.78, 5) is 32.4. The molecule has 0 radical (unpaired) electrons. The number of aromatic amines is 1. The third-order valence-electron chi connectivity index (χ3n) is 3.60. The van der Waals surface area contributed by atoms with Crippen LogP contribution in [0.1, 0.15) is 41.9 Å². The topological polar surface area (TPSA) is 83.0 Å². The van der Waals surface area contributed by atoms with E-state index >= 15 is 0 Å². The van der Waals surface area contributed by atoms with E-state index in [4.69, 9.17) is 0 Å². The maximum Gasteiger partial charge on any atom is 0.311 e. The van der Waals surface area contributed by atoms with E-state index in [1.54, 1.807) is 0 Å². The number of thiophene rings is 1. The van der Waals surface area contributed by atoms with Crippen LogP contribution in [0.25, 0.3) is 10.2 Å². The highest BCUT2D eigenvalue weighted by Gasteiger charge is 2.31. The molecule has 6 heteroatoms. The standard InChI is InChI=1S/C13H14N2O3S/c1-2-8-14-11(16)10-9-6(13(17)18)4-3-5-7(9)19-12(10)15-8/h6H,2-5H2,1H3,(H,17,18)(H,14,15,16). The van der Waals surface area contributed by atoms with Crippen molar-refractivity contribution in [3.05, 3.63) is 26.6 Å². The van der Waals surface area contributed by atoms with Gasteiger partial charge >= 0.3 is 5.97 Å². The lowest BCUT2D eigenvalue weighted by atomic mass is 9.86. The number of nitrogens with zero attached hydrogens (tertiary/aromatic N) is 1. The Morgan fingerprint density at radius 2 is 2.37 bits per heavy atom. The second-order valence-corrected chi connectivity index (χ2v) is 5.85. The Morgan fingerprint density at radius 3 is 3.05 bits per heavy atom. The Balaban J connectivity index is 2.33. The number of carbonyl (C=O) groups is 1. The van der Waals surface area contributed by atoms with Gasteiger partial charge in [-0.3, -0.25) is 9.59 Å². The number of H-pyrrole nitrogens is 1. The Kier molecular flexibility index (Phi) is 2.89. The highest BCUT2D eigenvalue weighted by molar-refractivity contribution is 7.18. The molecule has 0 saturated heterocycles. The predicted octanol–water partition coefficient (Wildman–Crippen LogP) is 2.05. The molecule has 2 aromatic heterocycles. The molecule has 0 aliphatic heterocycles. The van der Waals surface area contributed by atoms with Crippen molar-refractivity contribution in [3.8, 4) is 0 Å². The summed E-state index contributed by atoms with van der Waals surface area (Å²) in [6.07, 6.45) is 2.97. The molecule has 0 amide bonds. The van der Waals surface area contributed by atoms with Crippen molar-refractivity contribution in [2.24, 2.45) is 0 Å². The number of aromatic nitrogens is 2. The number of nitrogens with one attached hydrogen (secondary N) is 1. The lowest BCUT2D eigenvalue weighted by Gasteiger charge is -2.18. The van der Waals surface area contributed by atoms with Crippen molar-refractivity contribution < 1.29 is 9.90 Å². The van der Waals surface area contributed by atoms with Crippen LogP contribution in [0, 0.1) is 0 Å². The summed E-state index contributed by atoms with van der Waals surface area (Å²) in [6, 6.07) is 0. The number of carboxylic acid groups (broad SMARTS) is 1. The third-order valence-corrected chi connectivity index (χ3v) is 4.76. The molecule has 1 aliphatic carbocycles. The van der Waals surface area contributed by atoms with Crippen molar-refractivity contribution in [3.63, 3.8) is 0 Å². The van der Waals surface area contributed by atoms with Gasteiger partial charge in [0.15, 0.2) is 0 Å². The van der Waals surface area contributed by atoms with Crippen LogP contribution in [0.5, 0.6) is 0 Å². The molecule has 0 bridgehead atoms. The molecule has 0 aromatic carbocycles. The lowest BCUT2D eigenvalue weighted by molar-refractivity contribution is -0.139. The van der Waals surface area contributed by atoms with E-state index in [0.29, 0.717) is 34.4 Å². The second kappa shape index (κ2) is 4.45. The van der Waals surface area contributed by atoms with Crippen LogP contribution in [0.4, 0.5) is 0 Å². The zero-order chi connectivity index (χ0) is 13.6. The second-order valence-electron chi connectivity index (χ2n) is 4.77. The van der Waals surface area contributed by atoms with Crippen LogP contribution < -0.4 is 5.56 Å². The average Bonchev–Trinajstić information content (AvgIpc) is 2.76. The first-order valence-corrected chi connectivity index (χ1v) is 7.20. The molecule has 5 nitrogen and oxygen atoms in total. The minimum atomic E-state index is -0.848. The predicted molar refractivity (Wildman–Crippen MR) is 72.9 cm³/mol. The third kappa shape index (κ3) is 1.87. The zero-order valence-corrected chi connectivity index (χ0v) is 11.3. The van der Waals surface area contributed by atoms with Gasteiger partial charge in [0, 0.05) is 11.3 Å². The Morgan fingerprint density at radius 1 is 1.58 bits per heavy atom. The lowest BCUT2D eigenvalue weighted by Crippen LogP contribution is -2.19. The summed E-state index contributed by atoms with van der Waals surface area (Å²) in [5.41, 5.74) is 0.502. The maximum atomic E-state index is 12.2. The van der Waals surface area contributed by atoms with E-state index in [1.165, 1.54) is 11.3 Å². The highest BCUT2D eigenvalue weighted by atomic mass is 32.1. The molecule has 2 N–H and O–H groups in total. The van der Waals surface area contributed by atoms with Gasteiger partial charge in [0.25, 0.3) is 5.56 Å². The average molecular weight is 278 g/mol. The molecule has 1 aliphatic rings. The van der Waals surface area contributed by atoms with Crippen LogP contribution in [0.2, 0.25) is 0 Å². The minimum absolute atomic E-state index is 0.201. The molecule has 3 rings (SSSR count). The first-order chi connectivity index (χ1) is 9.11. The number of carboxylic acids is 1. The SMILES string of the molecule is CCc1nc2sc3c(c2c(=O)[nH]1)C(C(=O)O)CCC3. The molecule has 2 aromatic rings. The van der Waals surface area contributed by atoms with Crippen LogP contribution in [0.3, 0.4) is 0 Å². The van der Waals surface area contributed by atoms with Gasteiger partial charge in [0.2, 0.25) is 0 Å². The van der Waals surface area contributed by atoms with Gasteiger partial charge in [-0.15, -0.1) is 11.3 Å². The normalized spacial score (nSPS) is 18.5. The summed E-state index contributed by atoms with van der Waals surface area (Å²) < 4.78 is 0. The molecule has 2 heterocycles. The van der Waals surface area contributed by atoms with Gasteiger partial charge in [0.05, 0.1) is 11.3 Å². The number of hydrogen-bond acceptors (Lipinski definition) is 4. The van der Waals surface area contributed by atoms with Crippen LogP contribution in [-0.4, -0.2) is 21.0 Å². The van der Waals surface area contributed by atoms with Gasteiger partial charge in [-0.05, 0) is 24.8 Å². The molecule has 100 valence electrons. The van der Waals surface area contributed by atoms with Gasteiger partial charge in [-0.25, -0.2) is 4.98 Å². The van der Waals surface area contributed by atoms with E-state index in [-0.39, 0.29) is 5.56 Å². The van der Waals surface area contributed by atoms with Gasteiger partial charge < -0.3 is 10.1 Å². The molecule has 1 atom stereocenters. The first kappa shape index (κ1) is 12.3. The molecular formula is C13H14N2O3S. The molecule has 0 saturated carbocycles. The summed E-state index contributed by atoms with van der Waals surface area (Å²) in [7, 11) is 0. The number of aryl methyl sites for hydroxylation is 2. The van der Waals surface area contributed by atoms with E-state index in [9.17, 15) is 14.7 Å². The molecule has 1 unspecified atom stereocenters. The van der Waals surface area contributed by atoms with E-state index in [0.717, 1.165) is 17.7 Å². The van der Waals surface area contributed by atoms with Crippen LogP contribution in [0.15, 0.2) is 4.79 Å².